The third-order valence-corrected chi connectivity index (χ3v) is 4.82. The number of benzene rings is 1. The van der Waals surface area contributed by atoms with Gasteiger partial charge in [-0.15, -0.1) is 0 Å². The summed E-state index contributed by atoms with van der Waals surface area (Å²) in [6.45, 7) is 2.42. The summed E-state index contributed by atoms with van der Waals surface area (Å²) in [5.74, 6) is -0.789. The van der Waals surface area contributed by atoms with Gasteiger partial charge in [-0.1, -0.05) is 0 Å². The number of rotatable bonds is 5. The van der Waals surface area contributed by atoms with Crippen LogP contribution < -0.4 is 5.73 Å². The standard InChI is InChI=1S/C13H18N2O3S/c1-2-15(11-5-6-11)13(16)9-19(17,18)12-7-3-10(14)4-8-12/h3-4,7-8,11H,2,5-6,9,14H2,1H3. The van der Waals surface area contributed by atoms with E-state index < -0.39 is 15.6 Å². The van der Waals surface area contributed by atoms with Crippen molar-refractivity contribution in [2.45, 2.75) is 30.7 Å². The van der Waals surface area contributed by atoms with Crippen molar-refractivity contribution in [1.29, 1.82) is 0 Å². The molecule has 0 bridgehead atoms. The number of hydrogen-bond acceptors (Lipinski definition) is 4. The van der Waals surface area contributed by atoms with Crippen LogP contribution in [0.1, 0.15) is 19.8 Å². The number of hydrogen-bond donors (Lipinski definition) is 1. The van der Waals surface area contributed by atoms with Crippen molar-refractivity contribution < 1.29 is 13.2 Å². The molecule has 0 aromatic heterocycles. The summed E-state index contributed by atoms with van der Waals surface area (Å²) in [6.07, 6.45) is 1.95. The van der Waals surface area contributed by atoms with Crippen molar-refractivity contribution in [2.75, 3.05) is 18.0 Å². The van der Waals surface area contributed by atoms with Gasteiger partial charge in [0.2, 0.25) is 5.91 Å². The first-order valence-electron chi connectivity index (χ1n) is 6.32. The topological polar surface area (TPSA) is 80.5 Å². The van der Waals surface area contributed by atoms with Crippen LogP contribution in [0, 0.1) is 0 Å². The second kappa shape index (κ2) is 5.21. The van der Waals surface area contributed by atoms with Gasteiger partial charge in [0.1, 0.15) is 5.75 Å². The Morgan fingerprint density at radius 1 is 1.32 bits per heavy atom. The fourth-order valence-electron chi connectivity index (χ4n) is 2.03. The summed E-state index contributed by atoms with van der Waals surface area (Å²) in [7, 11) is -3.58. The Labute approximate surface area is 113 Å². The molecule has 0 saturated heterocycles. The summed E-state index contributed by atoms with van der Waals surface area (Å²) >= 11 is 0. The van der Waals surface area contributed by atoms with E-state index in [4.69, 9.17) is 5.73 Å². The van der Waals surface area contributed by atoms with E-state index >= 15 is 0 Å². The Balaban J connectivity index is 2.12. The van der Waals surface area contributed by atoms with Crippen molar-refractivity contribution in [3.05, 3.63) is 24.3 Å². The third kappa shape index (κ3) is 3.26. The molecule has 1 aromatic carbocycles. The van der Waals surface area contributed by atoms with Crippen LogP contribution in [0.5, 0.6) is 0 Å². The van der Waals surface area contributed by atoms with E-state index in [0.29, 0.717) is 12.2 Å². The zero-order valence-electron chi connectivity index (χ0n) is 10.9. The first-order valence-corrected chi connectivity index (χ1v) is 7.97. The number of sulfone groups is 1. The van der Waals surface area contributed by atoms with Gasteiger partial charge in [0.25, 0.3) is 0 Å². The van der Waals surface area contributed by atoms with E-state index in [1.54, 1.807) is 4.90 Å². The molecular weight excluding hydrogens is 264 g/mol. The molecule has 1 fully saturated rings. The van der Waals surface area contributed by atoms with Crippen LogP contribution in [0.3, 0.4) is 0 Å². The number of amides is 1. The Kier molecular flexibility index (Phi) is 3.80. The number of anilines is 1. The van der Waals surface area contributed by atoms with Crippen molar-refractivity contribution in [1.82, 2.24) is 4.90 Å². The van der Waals surface area contributed by atoms with E-state index in [1.807, 2.05) is 6.92 Å². The SMILES string of the molecule is CCN(C(=O)CS(=O)(=O)c1ccc(N)cc1)C1CC1. The van der Waals surface area contributed by atoms with E-state index in [1.165, 1.54) is 24.3 Å². The highest BCUT2D eigenvalue weighted by Gasteiger charge is 2.33. The average Bonchev–Trinajstić information content (AvgIpc) is 3.14. The molecule has 1 saturated carbocycles. The lowest BCUT2D eigenvalue weighted by Crippen LogP contribution is -2.37. The Morgan fingerprint density at radius 2 is 1.89 bits per heavy atom. The van der Waals surface area contributed by atoms with Crippen molar-refractivity contribution in [3.8, 4) is 0 Å². The lowest BCUT2D eigenvalue weighted by atomic mass is 10.3. The van der Waals surface area contributed by atoms with Crippen molar-refractivity contribution >= 4 is 21.4 Å². The van der Waals surface area contributed by atoms with Crippen LogP contribution in [-0.4, -0.2) is 37.6 Å². The number of carbonyl (C=O) groups is 1. The van der Waals surface area contributed by atoms with Gasteiger partial charge < -0.3 is 10.6 Å². The summed E-state index contributed by atoms with van der Waals surface area (Å²) in [5.41, 5.74) is 6.02. The van der Waals surface area contributed by atoms with Gasteiger partial charge in [0, 0.05) is 18.3 Å². The number of nitrogens with zero attached hydrogens (tertiary/aromatic N) is 1. The normalized spacial score (nSPS) is 15.2. The molecule has 2 N–H and O–H groups in total. The zero-order valence-corrected chi connectivity index (χ0v) is 11.7. The maximum absolute atomic E-state index is 12.1. The van der Waals surface area contributed by atoms with Crippen molar-refractivity contribution in [2.24, 2.45) is 0 Å². The number of nitrogen functional groups attached to an aromatic ring is 1. The molecular formula is C13H18N2O3S. The maximum Gasteiger partial charge on any atom is 0.238 e. The Bertz CT molecular complexity index is 562. The first kappa shape index (κ1) is 13.9. The second-order valence-electron chi connectivity index (χ2n) is 4.74. The van der Waals surface area contributed by atoms with Gasteiger partial charge in [-0.25, -0.2) is 8.42 Å². The van der Waals surface area contributed by atoms with E-state index in [-0.39, 0.29) is 16.8 Å². The fourth-order valence-corrected chi connectivity index (χ4v) is 3.24. The highest BCUT2D eigenvalue weighted by Crippen LogP contribution is 2.27. The quantitative estimate of drug-likeness (QED) is 0.819. The molecule has 0 aliphatic heterocycles. The molecule has 0 heterocycles. The van der Waals surface area contributed by atoms with Crippen LogP contribution in [0.15, 0.2) is 29.2 Å². The van der Waals surface area contributed by atoms with Crippen LogP contribution in [0.4, 0.5) is 5.69 Å². The van der Waals surface area contributed by atoms with Gasteiger partial charge in [-0.3, -0.25) is 4.79 Å². The molecule has 1 aliphatic rings. The van der Waals surface area contributed by atoms with Gasteiger partial charge in [0.05, 0.1) is 4.90 Å². The second-order valence-corrected chi connectivity index (χ2v) is 6.73. The molecule has 5 nitrogen and oxygen atoms in total. The van der Waals surface area contributed by atoms with E-state index in [2.05, 4.69) is 0 Å². The monoisotopic (exact) mass is 282 g/mol. The van der Waals surface area contributed by atoms with Crippen LogP contribution in [-0.2, 0) is 14.6 Å². The number of nitrogens with two attached hydrogens (primary N) is 1. The number of carbonyl (C=O) groups excluding carboxylic acids is 1. The molecule has 0 spiro atoms. The fraction of sp³-hybridized carbons (Fsp3) is 0.462. The molecule has 1 aliphatic carbocycles. The molecule has 1 amide bonds. The lowest BCUT2D eigenvalue weighted by molar-refractivity contribution is -0.128. The molecule has 19 heavy (non-hydrogen) atoms. The molecule has 0 radical (unpaired) electrons. The highest BCUT2D eigenvalue weighted by molar-refractivity contribution is 7.92. The third-order valence-electron chi connectivity index (χ3n) is 3.20. The Morgan fingerprint density at radius 3 is 2.37 bits per heavy atom. The van der Waals surface area contributed by atoms with Gasteiger partial charge >= 0.3 is 0 Å². The predicted molar refractivity (Wildman–Crippen MR) is 73.3 cm³/mol. The summed E-state index contributed by atoms with van der Waals surface area (Å²) in [5, 5.41) is 0. The molecule has 0 atom stereocenters. The van der Waals surface area contributed by atoms with Crippen LogP contribution in [0.2, 0.25) is 0 Å². The van der Waals surface area contributed by atoms with E-state index in [0.717, 1.165) is 12.8 Å². The zero-order chi connectivity index (χ0) is 14.0. The Hall–Kier alpha value is -1.56. The molecule has 2 rings (SSSR count). The largest absolute Gasteiger partial charge is 0.399 e. The minimum Gasteiger partial charge on any atom is -0.399 e. The predicted octanol–water partition coefficient (Wildman–Crippen LogP) is 1.05. The minimum absolute atomic E-state index is 0.141. The summed E-state index contributed by atoms with van der Waals surface area (Å²) in [4.78, 5) is 13.8. The molecule has 6 heteroatoms. The summed E-state index contributed by atoms with van der Waals surface area (Å²) in [6, 6.07) is 6.15. The van der Waals surface area contributed by atoms with Crippen LogP contribution in [0.25, 0.3) is 0 Å². The first-order chi connectivity index (χ1) is 8.94. The van der Waals surface area contributed by atoms with Gasteiger partial charge in [0.15, 0.2) is 9.84 Å². The smallest absolute Gasteiger partial charge is 0.238 e. The van der Waals surface area contributed by atoms with Crippen LogP contribution >= 0.6 is 0 Å². The molecule has 1 aromatic rings. The van der Waals surface area contributed by atoms with E-state index in [9.17, 15) is 13.2 Å². The average molecular weight is 282 g/mol. The highest BCUT2D eigenvalue weighted by atomic mass is 32.2. The van der Waals surface area contributed by atoms with Crippen molar-refractivity contribution in [3.63, 3.8) is 0 Å². The summed E-state index contributed by atoms with van der Waals surface area (Å²) < 4.78 is 24.3. The maximum atomic E-state index is 12.1. The van der Waals surface area contributed by atoms with Gasteiger partial charge in [-0.05, 0) is 44.0 Å². The van der Waals surface area contributed by atoms with Gasteiger partial charge in [-0.2, -0.15) is 0 Å². The lowest BCUT2D eigenvalue weighted by Gasteiger charge is -2.20. The minimum atomic E-state index is -3.58. The molecule has 104 valence electrons. The molecule has 0 unspecified atom stereocenters.